The quantitative estimate of drug-likeness (QED) is 0.709. The monoisotopic (exact) mass is 367 g/mol. The van der Waals surface area contributed by atoms with Crippen LogP contribution < -0.4 is 10.7 Å². The lowest BCUT2D eigenvalue weighted by Crippen LogP contribution is -2.34. The summed E-state index contributed by atoms with van der Waals surface area (Å²) in [7, 11) is 0. The highest BCUT2D eigenvalue weighted by Crippen LogP contribution is 2.24. The van der Waals surface area contributed by atoms with Crippen molar-refractivity contribution in [2.45, 2.75) is 19.5 Å². The number of carboxylic acids is 1. The van der Waals surface area contributed by atoms with Crippen molar-refractivity contribution in [3.05, 3.63) is 86.3 Å². The summed E-state index contributed by atoms with van der Waals surface area (Å²) in [5, 5.41) is 12.1. The molecule has 6 heteroatoms. The van der Waals surface area contributed by atoms with Crippen molar-refractivity contribution in [2.24, 2.45) is 0 Å². The van der Waals surface area contributed by atoms with Crippen LogP contribution in [0.15, 0.2) is 53.5 Å². The van der Waals surface area contributed by atoms with Gasteiger partial charge in [0.15, 0.2) is 0 Å². The maximum absolute atomic E-state index is 12.3. The Labute approximate surface area is 155 Å². The third-order valence-corrected chi connectivity index (χ3v) is 5.07. The SMILES string of the molecule is O=C([O-])c1cc(CN2CCc3cc(Cl)ccc3C2)c2ccccn2c1=O. The number of carbonyl (C=O) groups excluding carboxylic acids is 1. The molecule has 0 radical (unpaired) electrons. The molecule has 0 saturated heterocycles. The second-order valence-electron chi connectivity index (χ2n) is 6.51. The van der Waals surface area contributed by atoms with Crippen molar-refractivity contribution in [1.29, 1.82) is 0 Å². The van der Waals surface area contributed by atoms with Crippen LogP contribution in [0.2, 0.25) is 5.02 Å². The average molecular weight is 368 g/mol. The van der Waals surface area contributed by atoms with Gasteiger partial charge >= 0.3 is 0 Å². The standard InChI is InChI=1S/C20H17ClN2O3/c21-16-5-4-14-11-22(8-6-13(14)9-16)12-15-10-17(20(25)26)19(24)23-7-2-1-3-18(15)23/h1-5,7,9-10H,6,8,11-12H2,(H,25,26)/p-1. The van der Waals surface area contributed by atoms with Crippen molar-refractivity contribution in [2.75, 3.05) is 6.54 Å². The Morgan fingerprint density at radius 2 is 2.00 bits per heavy atom. The summed E-state index contributed by atoms with van der Waals surface area (Å²) in [6, 6.07) is 12.7. The van der Waals surface area contributed by atoms with Gasteiger partial charge in [-0.1, -0.05) is 23.7 Å². The van der Waals surface area contributed by atoms with Crippen LogP contribution in [-0.2, 0) is 19.5 Å². The van der Waals surface area contributed by atoms with E-state index in [9.17, 15) is 14.7 Å². The van der Waals surface area contributed by atoms with Gasteiger partial charge in [-0.05, 0) is 53.4 Å². The van der Waals surface area contributed by atoms with E-state index in [0.29, 0.717) is 12.1 Å². The van der Waals surface area contributed by atoms with E-state index in [-0.39, 0.29) is 5.56 Å². The number of nitrogens with zero attached hydrogens (tertiary/aromatic N) is 2. The van der Waals surface area contributed by atoms with Crippen LogP contribution in [0.25, 0.3) is 5.52 Å². The molecular formula is C20H16ClN2O3-. The fourth-order valence-corrected chi connectivity index (χ4v) is 3.75. The van der Waals surface area contributed by atoms with E-state index in [1.54, 1.807) is 12.3 Å². The van der Waals surface area contributed by atoms with Crippen molar-refractivity contribution < 1.29 is 9.90 Å². The Kier molecular flexibility index (Phi) is 4.26. The molecule has 1 aliphatic rings. The lowest BCUT2D eigenvalue weighted by molar-refractivity contribution is -0.255. The highest BCUT2D eigenvalue weighted by molar-refractivity contribution is 6.30. The fraction of sp³-hybridized carbons (Fsp3) is 0.200. The zero-order chi connectivity index (χ0) is 18.3. The zero-order valence-electron chi connectivity index (χ0n) is 13.9. The van der Waals surface area contributed by atoms with Gasteiger partial charge in [-0.25, -0.2) is 0 Å². The molecule has 4 rings (SSSR count). The molecule has 26 heavy (non-hydrogen) atoms. The maximum atomic E-state index is 12.3. The van der Waals surface area contributed by atoms with E-state index in [1.165, 1.54) is 21.6 Å². The summed E-state index contributed by atoms with van der Waals surface area (Å²) in [6.45, 7) is 2.15. The molecule has 0 spiro atoms. The Hall–Kier alpha value is -2.63. The smallest absolute Gasteiger partial charge is 0.264 e. The molecule has 1 aromatic carbocycles. The summed E-state index contributed by atoms with van der Waals surface area (Å²) >= 11 is 6.06. The Balaban J connectivity index is 1.71. The third-order valence-electron chi connectivity index (χ3n) is 4.83. The normalized spacial score (nSPS) is 14.3. The van der Waals surface area contributed by atoms with Crippen LogP contribution in [0, 0.1) is 0 Å². The summed E-state index contributed by atoms with van der Waals surface area (Å²) in [5.41, 5.74) is 3.10. The molecule has 0 aliphatic carbocycles. The van der Waals surface area contributed by atoms with Gasteiger partial charge in [0.2, 0.25) is 0 Å². The summed E-state index contributed by atoms with van der Waals surface area (Å²) in [5.74, 6) is -1.45. The molecule has 0 atom stereocenters. The van der Waals surface area contributed by atoms with Crippen LogP contribution in [0.3, 0.4) is 0 Å². The van der Waals surface area contributed by atoms with Crippen molar-refractivity contribution in [1.82, 2.24) is 9.30 Å². The largest absolute Gasteiger partial charge is 0.545 e. The van der Waals surface area contributed by atoms with Crippen molar-refractivity contribution in [3.8, 4) is 0 Å². The first kappa shape index (κ1) is 16.8. The molecule has 0 amide bonds. The van der Waals surface area contributed by atoms with Crippen LogP contribution in [0.5, 0.6) is 0 Å². The highest BCUT2D eigenvalue weighted by atomic mass is 35.5. The number of carboxylic acid groups (broad SMARTS) is 1. The molecule has 1 aliphatic heterocycles. The lowest BCUT2D eigenvalue weighted by atomic mass is 9.99. The van der Waals surface area contributed by atoms with Crippen LogP contribution in [0.4, 0.5) is 0 Å². The van der Waals surface area contributed by atoms with E-state index in [0.717, 1.165) is 30.1 Å². The zero-order valence-corrected chi connectivity index (χ0v) is 14.7. The Morgan fingerprint density at radius 3 is 2.81 bits per heavy atom. The molecule has 0 fully saturated rings. The van der Waals surface area contributed by atoms with Crippen molar-refractivity contribution >= 4 is 23.1 Å². The fourth-order valence-electron chi connectivity index (χ4n) is 3.55. The minimum absolute atomic E-state index is 0.312. The lowest BCUT2D eigenvalue weighted by Gasteiger charge is -2.29. The third kappa shape index (κ3) is 3.00. The molecule has 0 saturated carbocycles. The van der Waals surface area contributed by atoms with Gasteiger partial charge in [0.25, 0.3) is 5.56 Å². The topological polar surface area (TPSA) is 64.8 Å². The molecule has 3 heterocycles. The second kappa shape index (κ2) is 6.59. The first-order valence-corrected chi connectivity index (χ1v) is 8.75. The predicted molar refractivity (Wildman–Crippen MR) is 97.3 cm³/mol. The maximum Gasteiger partial charge on any atom is 0.264 e. The number of benzene rings is 1. The van der Waals surface area contributed by atoms with E-state index in [2.05, 4.69) is 4.90 Å². The number of hydrogen-bond donors (Lipinski definition) is 0. The van der Waals surface area contributed by atoms with Crippen molar-refractivity contribution in [3.63, 3.8) is 0 Å². The molecule has 2 aromatic heterocycles. The molecule has 3 aromatic rings. The van der Waals surface area contributed by atoms with Gasteiger partial charge in [0.1, 0.15) is 0 Å². The number of hydrogen-bond acceptors (Lipinski definition) is 4. The van der Waals surface area contributed by atoms with Gasteiger partial charge in [0.05, 0.1) is 17.0 Å². The number of aromatic carboxylic acids is 1. The Bertz CT molecular complexity index is 1070. The molecule has 5 nitrogen and oxygen atoms in total. The van der Waals surface area contributed by atoms with E-state index in [1.807, 2.05) is 30.3 Å². The van der Waals surface area contributed by atoms with Gasteiger partial charge < -0.3 is 9.90 Å². The second-order valence-corrected chi connectivity index (χ2v) is 6.94. The number of pyridine rings is 2. The Morgan fingerprint density at radius 1 is 1.15 bits per heavy atom. The van der Waals surface area contributed by atoms with Gasteiger partial charge in [-0.15, -0.1) is 0 Å². The van der Waals surface area contributed by atoms with Gasteiger partial charge in [-0.3, -0.25) is 14.1 Å². The minimum Gasteiger partial charge on any atom is -0.545 e. The number of halogens is 1. The first-order chi connectivity index (χ1) is 12.5. The molecule has 0 bridgehead atoms. The predicted octanol–water partition coefficient (Wildman–Crippen LogP) is 1.87. The van der Waals surface area contributed by atoms with E-state index >= 15 is 0 Å². The van der Waals surface area contributed by atoms with Crippen LogP contribution in [-0.4, -0.2) is 21.8 Å². The summed E-state index contributed by atoms with van der Waals surface area (Å²) in [6.07, 6.45) is 2.47. The average Bonchev–Trinajstić information content (AvgIpc) is 2.64. The number of carbonyl (C=O) groups is 1. The molecule has 0 unspecified atom stereocenters. The summed E-state index contributed by atoms with van der Waals surface area (Å²) in [4.78, 5) is 25.9. The van der Waals surface area contributed by atoms with Crippen LogP contribution in [0.1, 0.15) is 27.0 Å². The van der Waals surface area contributed by atoms with E-state index < -0.39 is 11.5 Å². The molecular weight excluding hydrogens is 352 g/mol. The highest BCUT2D eigenvalue weighted by Gasteiger charge is 2.18. The van der Waals surface area contributed by atoms with Gasteiger partial charge in [-0.2, -0.15) is 0 Å². The van der Waals surface area contributed by atoms with E-state index in [4.69, 9.17) is 11.6 Å². The number of aromatic nitrogens is 1. The first-order valence-electron chi connectivity index (χ1n) is 8.37. The van der Waals surface area contributed by atoms with Gasteiger partial charge in [0, 0.05) is 30.9 Å². The minimum atomic E-state index is -1.45. The molecule has 0 N–H and O–H groups in total. The van der Waals surface area contributed by atoms with Crippen LogP contribution >= 0.6 is 11.6 Å². The molecule has 132 valence electrons. The number of fused-ring (bicyclic) bond motifs is 2. The number of rotatable bonds is 3. The summed E-state index contributed by atoms with van der Waals surface area (Å²) < 4.78 is 1.37.